The monoisotopic (exact) mass is 310 g/mol. The molecule has 0 fully saturated rings. The summed E-state index contributed by atoms with van der Waals surface area (Å²) in [6.45, 7) is 0.517. The van der Waals surface area contributed by atoms with Crippen molar-refractivity contribution in [3.8, 4) is 0 Å². The van der Waals surface area contributed by atoms with Crippen molar-refractivity contribution >= 4 is 17.3 Å². The van der Waals surface area contributed by atoms with Gasteiger partial charge in [-0.05, 0) is 35.7 Å². The summed E-state index contributed by atoms with van der Waals surface area (Å²) in [7, 11) is 4.07. The van der Waals surface area contributed by atoms with Crippen LogP contribution < -0.4 is 9.80 Å². The number of rotatable bonds is 5. The molecule has 0 saturated carbocycles. The summed E-state index contributed by atoms with van der Waals surface area (Å²) in [5, 5.41) is 8.78. The molecule has 0 amide bonds. The molecule has 1 N–H and O–H groups in total. The zero-order valence-electron chi connectivity index (χ0n) is 13.6. The van der Waals surface area contributed by atoms with Gasteiger partial charge in [0.05, 0.1) is 12.5 Å². The van der Waals surface area contributed by atoms with Crippen LogP contribution in [0, 0.1) is 0 Å². The number of benzene rings is 2. The number of hydrogen-bond acceptors (Lipinski definition) is 3. The van der Waals surface area contributed by atoms with Crippen LogP contribution in [0.25, 0.3) is 0 Å². The number of anilines is 2. The first kappa shape index (κ1) is 15.4. The lowest BCUT2D eigenvalue weighted by Crippen LogP contribution is -2.22. The summed E-state index contributed by atoms with van der Waals surface area (Å²) >= 11 is 0. The minimum atomic E-state index is -0.765. The van der Waals surface area contributed by atoms with E-state index in [2.05, 4.69) is 60.5 Å². The minimum absolute atomic E-state index is 0.152. The van der Waals surface area contributed by atoms with Crippen molar-refractivity contribution in [3.05, 3.63) is 59.7 Å². The van der Waals surface area contributed by atoms with Gasteiger partial charge >= 0.3 is 5.97 Å². The molecule has 0 saturated heterocycles. The van der Waals surface area contributed by atoms with Crippen LogP contribution in [0.3, 0.4) is 0 Å². The Morgan fingerprint density at radius 2 is 1.91 bits per heavy atom. The Morgan fingerprint density at radius 1 is 1.22 bits per heavy atom. The van der Waals surface area contributed by atoms with Gasteiger partial charge in [0.1, 0.15) is 0 Å². The van der Waals surface area contributed by atoms with E-state index in [1.165, 1.54) is 16.8 Å². The number of carboxylic acids is 1. The lowest BCUT2D eigenvalue weighted by Gasteiger charge is -2.24. The van der Waals surface area contributed by atoms with Crippen molar-refractivity contribution in [1.29, 1.82) is 0 Å². The molecule has 120 valence electrons. The van der Waals surface area contributed by atoms with E-state index >= 15 is 0 Å². The number of fused-ring (bicyclic) bond motifs is 1. The maximum Gasteiger partial charge on any atom is 0.305 e. The lowest BCUT2D eigenvalue weighted by atomic mass is 10.0. The van der Waals surface area contributed by atoms with Gasteiger partial charge in [-0.15, -0.1) is 0 Å². The summed E-state index contributed by atoms with van der Waals surface area (Å²) < 4.78 is 0. The van der Waals surface area contributed by atoms with Crippen LogP contribution in [-0.2, 0) is 11.2 Å². The first-order valence-electron chi connectivity index (χ1n) is 7.90. The van der Waals surface area contributed by atoms with Crippen LogP contribution >= 0.6 is 0 Å². The van der Waals surface area contributed by atoms with Gasteiger partial charge in [-0.1, -0.05) is 30.3 Å². The summed E-state index contributed by atoms with van der Waals surface area (Å²) in [6, 6.07) is 17.4. The molecule has 2 aromatic carbocycles. The molecule has 1 unspecified atom stereocenters. The highest BCUT2D eigenvalue weighted by Gasteiger charge is 2.27. The maximum atomic E-state index is 10.7. The molecule has 1 atom stereocenters. The predicted octanol–water partition coefficient (Wildman–Crippen LogP) is 3.33. The SMILES string of the molecule is CN(CCC(=O)O)c1ccc(C2Cc3ccccc3N2C)cc1. The molecule has 0 bridgehead atoms. The number of para-hydroxylation sites is 1. The van der Waals surface area contributed by atoms with E-state index in [0.717, 1.165) is 12.1 Å². The quantitative estimate of drug-likeness (QED) is 0.920. The molecule has 1 aliphatic heterocycles. The van der Waals surface area contributed by atoms with Gasteiger partial charge in [0.15, 0.2) is 0 Å². The van der Waals surface area contributed by atoms with Crippen LogP contribution in [0.5, 0.6) is 0 Å². The number of carbonyl (C=O) groups is 1. The summed E-state index contributed by atoms with van der Waals surface area (Å²) in [4.78, 5) is 15.0. The Balaban J connectivity index is 1.72. The second kappa shape index (κ2) is 6.32. The first-order valence-corrected chi connectivity index (χ1v) is 7.90. The Bertz CT molecular complexity index is 697. The third kappa shape index (κ3) is 3.16. The number of hydrogen-bond donors (Lipinski definition) is 1. The van der Waals surface area contributed by atoms with Crippen molar-refractivity contribution in [2.45, 2.75) is 18.9 Å². The van der Waals surface area contributed by atoms with Crippen molar-refractivity contribution < 1.29 is 9.90 Å². The highest BCUT2D eigenvalue weighted by Crippen LogP contribution is 2.39. The van der Waals surface area contributed by atoms with E-state index in [1.54, 1.807) is 0 Å². The van der Waals surface area contributed by atoms with Crippen LogP contribution in [0.1, 0.15) is 23.6 Å². The summed E-state index contributed by atoms with van der Waals surface area (Å²) in [6.07, 6.45) is 1.18. The Kier molecular flexibility index (Phi) is 4.24. The largest absolute Gasteiger partial charge is 0.481 e. The smallest absolute Gasteiger partial charge is 0.305 e. The molecule has 23 heavy (non-hydrogen) atoms. The first-order chi connectivity index (χ1) is 11.1. The third-order valence-electron chi connectivity index (χ3n) is 4.63. The van der Waals surface area contributed by atoms with E-state index in [1.807, 2.05) is 11.9 Å². The Morgan fingerprint density at radius 3 is 2.57 bits per heavy atom. The van der Waals surface area contributed by atoms with Crippen LogP contribution in [0.15, 0.2) is 48.5 Å². The van der Waals surface area contributed by atoms with E-state index in [-0.39, 0.29) is 6.42 Å². The molecule has 1 heterocycles. The van der Waals surface area contributed by atoms with E-state index in [0.29, 0.717) is 12.6 Å². The zero-order chi connectivity index (χ0) is 16.4. The van der Waals surface area contributed by atoms with Crippen molar-refractivity contribution in [3.63, 3.8) is 0 Å². The molecule has 0 aliphatic carbocycles. The molecule has 3 rings (SSSR count). The Labute approximate surface area is 137 Å². The highest BCUT2D eigenvalue weighted by molar-refractivity contribution is 5.67. The zero-order valence-corrected chi connectivity index (χ0v) is 13.6. The fourth-order valence-corrected chi connectivity index (χ4v) is 3.23. The molecule has 0 aromatic heterocycles. The topological polar surface area (TPSA) is 43.8 Å². The van der Waals surface area contributed by atoms with Gasteiger partial charge in [-0.3, -0.25) is 4.79 Å². The third-order valence-corrected chi connectivity index (χ3v) is 4.63. The van der Waals surface area contributed by atoms with Gasteiger partial charge in [-0.2, -0.15) is 0 Å². The number of likely N-dealkylation sites (N-methyl/N-ethyl adjacent to an activating group) is 1. The fourth-order valence-electron chi connectivity index (χ4n) is 3.23. The van der Waals surface area contributed by atoms with Gasteiger partial charge < -0.3 is 14.9 Å². The molecule has 0 radical (unpaired) electrons. The number of aliphatic carboxylic acids is 1. The van der Waals surface area contributed by atoms with E-state index < -0.39 is 5.97 Å². The minimum Gasteiger partial charge on any atom is -0.481 e. The van der Waals surface area contributed by atoms with E-state index in [9.17, 15) is 4.79 Å². The molecule has 1 aliphatic rings. The van der Waals surface area contributed by atoms with Crippen LogP contribution in [-0.4, -0.2) is 31.7 Å². The fraction of sp³-hybridized carbons (Fsp3) is 0.316. The van der Waals surface area contributed by atoms with Crippen LogP contribution in [0.4, 0.5) is 11.4 Å². The standard InChI is InChI=1S/C19H22N2O2/c1-20(12-11-19(22)23)16-9-7-14(8-10-16)18-13-15-5-3-4-6-17(15)21(18)2/h3-10,18H,11-13H2,1-2H3,(H,22,23). The summed E-state index contributed by atoms with van der Waals surface area (Å²) in [5.74, 6) is -0.765. The lowest BCUT2D eigenvalue weighted by molar-refractivity contribution is -0.136. The molecule has 4 nitrogen and oxygen atoms in total. The predicted molar refractivity (Wildman–Crippen MR) is 93.3 cm³/mol. The molecular weight excluding hydrogens is 288 g/mol. The second-order valence-corrected chi connectivity index (χ2v) is 6.12. The molecule has 2 aromatic rings. The normalized spacial score (nSPS) is 16.3. The average molecular weight is 310 g/mol. The van der Waals surface area contributed by atoms with Crippen molar-refractivity contribution in [1.82, 2.24) is 0 Å². The maximum absolute atomic E-state index is 10.7. The molecule has 4 heteroatoms. The number of carboxylic acid groups (broad SMARTS) is 1. The van der Waals surface area contributed by atoms with Gasteiger partial charge in [-0.25, -0.2) is 0 Å². The van der Waals surface area contributed by atoms with Crippen molar-refractivity contribution in [2.24, 2.45) is 0 Å². The molecule has 0 spiro atoms. The average Bonchev–Trinajstić information content (AvgIpc) is 2.90. The van der Waals surface area contributed by atoms with Gasteiger partial charge in [0, 0.05) is 32.0 Å². The van der Waals surface area contributed by atoms with Crippen LogP contribution in [0.2, 0.25) is 0 Å². The van der Waals surface area contributed by atoms with Gasteiger partial charge in [0.25, 0.3) is 0 Å². The molecular formula is C19H22N2O2. The second-order valence-electron chi connectivity index (χ2n) is 6.12. The van der Waals surface area contributed by atoms with E-state index in [4.69, 9.17) is 5.11 Å². The highest BCUT2D eigenvalue weighted by atomic mass is 16.4. The summed E-state index contributed by atoms with van der Waals surface area (Å²) in [5.41, 5.74) is 5.04. The Hall–Kier alpha value is -2.49. The van der Waals surface area contributed by atoms with Gasteiger partial charge in [0.2, 0.25) is 0 Å². The number of nitrogens with zero attached hydrogens (tertiary/aromatic N) is 2. The van der Waals surface area contributed by atoms with Crippen molar-refractivity contribution in [2.75, 3.05) is 30.4 Å².